The zero-order chi connectivity index (χ0) is 21.5. The summed E-state index contributed by atoms with van der Waals surface area (Å²) < 4.78 is 38.0. The highest BCUT2D eigenvalue weighted by Gasteiger charge is 2.30. The number of nitrogens with two attached hydrogens (primary N) is 1. The smallest absolute Gasteiger partial charge is 0.427 e. The molecule has 4 nitrogen and oxygen atoms in total. The number of likely N-dealkylation sites (tertiary alicyclic amines) is 1. The van der Waals surface area contributed by atoms with Crippen LogP contribution in [0.5, 0.6) is 0 Å². The second-order valence-electron chi connectivity index (χ2n) is 8.81. The third-order valence-corrected chi connectivity index (χ3v) is 5.97. The molecule has 1 unspecified atom stereocenters. The first-order chi connectivity index (χ1) is 13.5. The molecule has 0 aliphatic carbocycles. The standard InChI is InChI=1S/C21H34BF3N2O2/c1-20(26,10-2-3-12-22(28)29)11-15-27-13-8-18(9-14-27)16-17-4-6-19(7-5-17)21(23,24)25/h4-7,18,28-29H,2-3,8-16,26H2,1H3. The molecule has 1 aliphatic rings. The molecule has 2 rings (SSSR count). The van der Waals surface area contributed by atoms with E-state index in [4.69, 9.17) is 15.8 Å². The van der Waals surface area contributed by atoms with E-state index in [0.717, 1.165) is 70.1 Å². The lowest BCUT2D eigenvalue weighted by Gasteiger charge is -2.34. The van der Waals surface area contributed by atoms with E-state index in [1.54, 1.807) is 12.1 Å². The van der Waals surface area contributed by atoms with Gasteiger partial charge in [0, 0.05) is 5.54 Å². The van der Waals surface area contributed by atoms with Gasteiger partial charge in [0.05, 0.1) is 5.56 Å². The Balaban J connectivity index is 1.67. The van der Waals surface area contributed by atoms with Crippen molar-refractivity contribution < 1.29 is 23.2 Å². The molecular weight excluding hydrogens is 380 g/mol. The SMILES string of the molecule is CC(N)(CCCCB(O)O)CCN1CCC(Cc2ccc(C(F)(F)F)cc2)CC1. The summed E-state index contributed by atoms with van der Waals surface area (Å²) in [6.45, 7) is 5.00. The summed E-state index contributed by atoms with van der Waals surface area (Å²) in [5, 5.41) is 17.8. The summed E-state index contributed by atoms with van der Waals surface area (Å²) in [4.78, 5) is 2.42. The number of hydrogen-bond acceptors (Lipinski definition) is 4. The first kappa shape index (κ1) is 24.2. The van der Waals surface area contributed by atoms with Gasteiger partial charge >= 0.3 is 13.3 Å². The fourth-order valence-corrected chi connectivity index (χ4v) is 3.97. The van der Waals surface area contributed by atoms with E-state index < -0.39 is 18.9 Å². The van der Waals surface area contributed by atoms with E-state index in [0.29, 0.717) is 12.2 Å². The molecule has 1 aromatic carbocycles. The molecule has 164 valence electrons. The predicted molar refractivity (Wildman–Crippen MR) is 110 cm³/mol. The monoisotopic (exact) mass is 414 g/mol. The average Bonchev–Trinajstić information content (AvgIpc) is 2.64. The van der Waals surface area contributed by atoms with Gasteiger partial charge in [-0.25, -0.2) is 0 Å². The number of hydrogen-bond donors (Lipinski definition) is 3. The Morgan fingerprint density at radius 1 is 1.07 bits per heavy atom. The summed E-state index contributed by atoms with van der Waals surface area (Å²) in [6, 6.07) is 5.55. The van der Waals surface area contributed by atoms with Gasteiger partial charge in [0.15, 0.2) is 0 Å². The van der Waals surface area contributed by atoms with Crippen LogP contribution >= 0.6 is 0 Å². The predicted octanol–water partition coefficient (Wildman–Crippen LogP) is 3.71. The topological polar surface area (TPSA) is 69.7 Å². The number of halogens is 3. The maximum Gasteiger partial charge on any atom is 0.451 e. The van der Waals surface area contributed by atoms with Crippen LogP contribution in [-0.2, 0) is 12.6 Å². The first-order valence-corrected chi connectivity index (χ1v) is 10.6. The number of rotatable bonds is 10. The Bertz CT molecular complexity index is 601. The van der Waals surface area contributed by atoms with Gasteiger partial charge < -0.3 is 20.7 Å². The second-order valence-corrected chi connectivity index (χ2v) is 8.81. The highest BCUT2D eigenvalue weighted by molar-refractivity contribution is 6.40. The number of nitrogens with zero attached hydrogens (tertiary/aromatic N) is 1. The van der Waals surface area contributed by atoms with Crippen molar-refractivity contribution in [1.82, 2.24) is 4.90 Å². The van der Waals surface area contributed by atoms with Crippen LogP contribution in [0.4, 0.5) is 13.2 Å². The Kier molecular flexibility index (Phi) is 9.01. The lowest BCUT2D eigenvalue weighted by molar-refractivity contribution is -0.137. The molecule has 8 heteroatoms. The molecule has 0 spiro atoms. The minimum absolute atomic E-state index is 0.252. The van der Waals surface area contributed by atoms with E-state index in [-0.39, 0.29) is 5.54 Å². The van der Waals surface area contributed by atoms with Crippen LogP contribution in [0.2, 0.25) is 6.32 Å². The summed E-state index contributed by atoms with van der Waals surface area (Å²) in [5.74, 6) is 0.511. The molecule has 0 amide bonds. The van der Waals surface area contributed by atoms with Crippen molar-refractivity contribution in [2.45, 2.75) is 69.9 Å². The van der Waals surface area contributed by atoms with Crippen LogP contribution in [0, 0.1) is 5.92 Å². The van der Waals surface area contributed by atoms with E-state index in [1.165, 1.54) is 12.1 Å². The lowest BCUT2D eigenvalue weighted by Crippen LogP contribution is -2.42. The first-order valence-electron chi connectivity index (χ1n) is 10.6. The van der Waals surface area contributed by atoms with Crippen molar-refractivity contribution in [3.8, 4) is 0 Å². The maximum atomic E-state index is 12.7. The molecule has 1 fully saturated rings. The van der Waals surface area contributed by atoms with Crippen LogP contribution < -0.4 is 5.73 Å². The molecule has 4 N–H and O–H groups in total. The molecular formula is C21H34BF3N2O2. The Morgan fingerprint density at radius 2 is 1.69 bits per heavy atom. The minimum Gasteiger partial charge on any atom is -0.427 e. The summed E-state index contributed by atoms with van der Waals surface area (Å²) in [5.41, 5.74) is 6.52. The van der Waals surface area contributed by atoms with Crippen molar-refractivity contribution >= 4 is 7.12 Å². The van der Waals surface area contributed by atoms with Gasteiger partial charge in [0.1, 0.15) is 0 Å². The van der Waals surface area contributed by atoms with Crippen LogP contribution in [0.1, 0.15) is 56.6 Å². The average molecular weight is 414 g/mol. The third-order valence-electron chi connectivity index (χ3n) is 5.97. The Morgan fingerprint density at radius 3 is 2.24 bits per heavy atom. The third kappa shape index (κ3) is 9.07. The zero-order valence-electron chi connectivity index (χ0n) is 17.3. The van der Waals surface area contributed by atoms with Gasteiger partial charge in [0.2, 0.25) is 0 Å². The van der Waals surface area contributed by atoms with Gasteiger partial charge in [0.25, 0.3) is 0 Å². The normalized spacial score (nSPS) is 18.6. The fourth-order valence-electron chi connectivity index (χ4n) is 3.97. The van der Waals surface area contributed by atoms with Crippen molar-refractivity contribution in [3.05, 3.63) is 35.4 Å². The van der Waals surface area contributed by atoms with Crippen LogP contribution in [0.3, 0.4) is 0 Å². The molecule has 1 aliphatic heterocycles. The van der Waals surface area contributed by atoms with Crippen molar-refractivity contribution in [2.24, 2.45) is 11.7 Å². The van der Waals surface area contributed by atoms with Crippen molar-refractivity contribution in [2.75, 3.05) is 19.6 Å². The van der Waals surface area contributed by atoms with E-state index in [2.05, 4.69) is 11.8 Å². The van der Waals surface area contributed by atoms with Crippen LogP contribution in [0.25, 0.3) is 0 Å². The number of alkyl halides is 3. The number of piperidine rings is 1. The zero-order valence-corrected chi connectivity index (χ0v) is 17.3. The van der Waals surface area contributed by atoms with Gasteiger partial charge in [-0.15, -0.1) is 0 Å². The molecule has 1 atom stereocenters. The minimum atomic E-state index is -4.28. The van der Waals surface area contributed by atoms with E-state index in [9.17, 15) is 13.2 Å². The molecule has 1 aromatic rings. The van der Waals surface area contributed by atoms with Gasteiger partial charge in [-0.2, -0.15) is 13.2 Å². The Hall–Kier alpha value is -1.09. The number of benzene rings is 1. The molecule has 0 saturated carbocycles. The van der Waals surface area contributed by atoms with Gasteiger partial charge in [-0.3, -0.25) is 0 Å². The molecule has 0 bridgehead atoms. The molecule has 1 saturated heterocycles. The van der Waals surface area contributed by atoms with Crippen molar-refractivity contribution in [1.29, 1.82) is 0 Å². The maximum absolute atomic E-state index is 12.7. The van der Waals surface area contributed by atoms with Gasteiger partial charge in [-0.1, -0.05) is 25.0 Å². The van der Waals surface area contributed by atoms with Gasteiger partial charge in [-0.05, 0) is 88.6 Å². The summed E-state index contributed by atoms with van der Waals surface area (Å²) >= 11 is 0. The van der Waals surface area contributed by atoms with Crippen LogP contribution in [-0.4, -0.2) is 47.2 Å². The molecule has 1 heterocycles. The molecule has 29 heavy (non-hydrogen) atoms. The molecule has 0 radical (unpaired) electrons. The highest BCUT2D eigenvalue weighted by atomic mass is 19.4. The van der Waals surface area contributed by atoms with Crippen LogP contribution in [0.15, 0.2) is 24.3 Å². The van der Waals surface area contributed by atoms with Crippen molar-refractivity contribution in [3.63, 3.8) is 0 Å². The largest absolute Gasteiger partial charge is 0.451 e. The van der Waals surface area contributed by atoms with E-state index >= 15 is 0 Å². The summed E-state index contributed by atoms with van der Waals surface area (Å²) in [7, 11) is -1.23. The highest BCUT2D eigenvalue weighted by Crippen LogP contribution is 2.30. The second kappa shape index (κ2) is 10.8. The van der Waals surface area contributed by atoms with E-state index in [1.807, 2.05) is 0 Å². The fraction of sp³-hybridized carbons (Fsp3) is 0.714. The summed E-state index contributed by atoms with van der Waals surface area (Å²) in [6.07, 6.45) is 2.47. The molecule has 0 aromatic heterocycles. The Labute approximate surface area is 172 Å². The number of unbranched alkanes of at least 4 members (excludes halogenated alkanes) is 1. The lowest BCUT2D eigenvalue weighted by atomic mass is 9.82. The quantitative estimate of drug-likeness (QED) is 0.403.